The van der Waals surface area contributed by atoms with Crippen LogP contribution in [0.25, 0.3) is 0 Å². The van der Waals surface area contributed by atoms with Gasteiger partial charge in [0, 0.05) is 12.8 Å². The summed E-state index contributed by atoms with van der Waals surface area (Å²) in [6, 6.07) is 0.00130. The van der Waals surface area contributed by atoms with E-state index in [-0.39, 0.29) is 6.04 Å². The summed E-state index contributed by atoms with van der Waals surface area (Å²) in [5, 5.41) is 0. The number of unbranched alkanes of at least 4 members (excludes halogenated alkanes) is 6. The molecule has 0 saturated carbocycles. The van der Waals surface area contributed by atoms with Gasteiger partial charge in [-0.15, -0.1) is 6.58 Å². The summed E-state index contributed by atoms with van der Waals surface area (Å²) in [7, 11) is 2.72. The van der Waals surface area contributed by atoms with Crippen molar-refractivity contribution in [2.24, 2.45) is 5.73 Å². The predicted molar refractivity (Wildman–Crippen MR) is 104 cm³/mol. The van der Waals surface area contributed by atoms with Crippen LogP contribution < -0.4 is 5.73 Å². The Balaban J connectivity index is 0. The smallest absolute Gasteiger partial charge is 0.217 e. The van der Waals surface area contributed by atoms with E-state index >= 15 is 0 Å². The Bertz CT molecular complexity index is 472. The van der Waals surface area contributed by atoms with Gasteiger partial charge in [0.2, 0.25) is 10.4 Å². The molecule has 156 valence electrons. The molecule has 0 radical (unpaired) electrons. The van der Waals surface area contributed by atoms with Crippen LogP contribution in [0.4, 0.5) is 0 Å². The van der Waals surface area contributed by atoms with Crippen molar-refractivity contribution in [2.75, 3.05) is 34.8 Å². The number of nitrogens with zero attached hydrogens (tertiary/aromatic N) is 1. The number of hydrogen-bond acceptors (Lipinski definition) is 6. The molecule has 0 saturated heterocycles. The Kier molecular flexibility index (Phi) is 16.1. The number of carbonyl (C=O) groups is 1. The second-order valence-electron chi connectivity index (χ2n) is 7.50. The van der Waals surface area contributed by atoms with Crippen LogP contribution in [0, 0.1) is 0 Å². The number of quaternary nitrogens is 1. The molecule has 0 aliphatic rings. The molecule has 8 heteroatoms. The number of likely N-dealkylation sites (N-methyl/N-ethyl adjacent to an activating group) is 1. The molecule has 7 nitrogen and oxygen atoms in total. The first-order valence-electron chi connectivity index (χ1n) is 9.11. The van der Waals surface area contributed by atoms with Crippen molar-refractivity contribution in [2.45, 2.75) is 63.8 Å². The van der Waals surface area contributed by atoms with Gasteiger partial charge in [0.05, 0.1) is 40.8 Å². The Morgan fingerprint density at radius 1 is 1.15 bits per heavy atom. The van der Waals surface area contributed by atoms with Gasteiger partial charge in [-0.25, -0.2) is 8.42 Å². The van der Waals surface area contributed by atoms with Crippen LogP contribution in [-0.4, -0.2) is 64.1 Å². The molecule has 26 heavy (non-hydrogen) atoms. The summed E-state index contributed by atoms with van der Waals surface area (Å²) in [6.07, 6.45) is 11.6. The standard InChI is InChI=1S/C17H35N2O.CH4O4S/c1-5-6-7-8-9-10-11-12-13-17(20)14-16(18)15-19(2,3)4;1-5-6(2,3)4/h5,16H,1,6-15,18H2,2-4H3;1H3,(H,2,3,4)/q+1;/p-1. The van der Waals surface area contributed by atoms with Gasteiger partial charge in [0.15, 0.2) is 0 Å². The van der Waals surface area contributed by atoms with Crippen molar-refractivity contribution in [1.29, 1.82) is 0 Å². The van der Waals surface area contributed by atoms with Crippen LogP contribution in [0.15, 0.2) is 12.7 Å². The maximum atomic E-state index is 11.8. The topological polar surface area (TPSA) is 110 Å². The minimum atomic E-state index is -4.41. The molecule has 0 aliphatic carbocycles. The van der Waals surface area contributed by atoms with Crippen molar-refractivity contribution in [3.05, 3.63) is 12.7 Å². The zero-order valence-electron chi connectivity index (χ0n) is 16.9. The van der Waals surface area contributed by atoms with E-state index in [2.05, 4.69) is 31.9 Å². The lowest BCUT2D eigenvalue weighted by Crippen LogP contribution is -2.45. The first-order valence-corrected chi connectivity index (χ1v) is 10.4. The maximum absolute atomic E-state index is 11.8. The van der Waals surface area contributed by atoms with Gasteiger partial charge in [0.1, 0.15) is 5.78 Å². The number of rotatable bonds is 14. The summed E-state index contributed by atoms with van der Waals surface area (Å²) in [5.74, 6) is 0.331. The summed E-state index contributed by atoms with van der Waals surface area (Å²) in [4.78, 5) is 11.8. The Morgan fingerprint density at radius 2 is 1.62 bits per heavy atom. The summed E-state index contributed by atoms with van der Waals surface area (Å²) >= 11 is 0. The maximum Gasteiger partial charge on any atom is 0.217 e. The molecule has 0 aliphatic heterocycles. The minimum Gasteiger partial charge on any atom is -0.726 e. The molecule has 0 rings (SSSR count). The highest BCUT2D eigenvalue weighted by Gasteiger charge is 2.16. The normalized spacial score (nSPS) is 12.8. The van der Waals surface area contributed by atoms with Gasteiger partial charge in [-0.2, -0.15) is 0 Å². The molecule has 1 atom stereocenters. The number of allylic oxidation sites excluding steroid dienone is 1. The minimum absolute atomic E-state index is 0.00130. The quantitative estimate of drug-likeness (QED) is 0.159. The van der Waals surface area contributed by atoms with Gasteiger partial charge in [-0.1, -0.05) is 31.8 Å². The van der Waals surface area contributed by atoms with Crippen molar-refractivity contribution in [3.63, 3.8) is 0 Å². The molecule has 0 fully saturated rings. The van der Waals surface area contributed by atoms with Crippen LogP contribution in [0.2, 0.25) is 0 Å². The molecule has 0 aromatic rings. The number of nitrogens with two attached hydrogens (primary N) is 1. The highest BCUT2D eigenvalue weighted by molar-refractivity contribution is 7.80. The molecular weight excluding hydrogens is 356 g/mol. The average molecular weight is 395 g/mol. The van der Waals surface area contributed by atoms with Crippen molar-refractivity contribution < 1.29 is 26.4 Å². The largest absolute Gasteiger partial charge is 0.726 e. The highest BCUT2D eigenvalue weighted by Crippen LogP contribution is 2.10. The van der Waals surface area contributed by atoms with E-state index in [0.29, 0.717) is 18.6 Å². The summed E-state index contributed by atoms with van der Waals surface area (Å²) in [5.41, 5.74) is 6.01. The molecule has 0 aromatic carbocycles. The van der Waals surface area contributed by atoms with Crippen LogP contribution in [-0.2, 0) is 19.4 Å². The molecule has 2 N–H and O–H groups in total. The van der Waals surface area contributed by atoms with Gasteiger partial charge < -0.3 is 14.8 Å². The van der Waals surface area contributed by atoms with Crippen LogP contribution >= 0.6 is 0 Å². The molecular formula is C18H38N2O5S. The van der Waals surface area contributed by atoms with E-state index in [0.717, 1.165) is 31.0 Å². The zero-order chi connectivity index (χ0) is 20.6. The van der Waals surface area contributed by atoms with E-state index in [9.17, 15) is 17.8 Å². The lowest BCUT2D eigenvalue weighted by atomic mass is 10.0. The van der Waals surface area contributed by atoms with E-state index in [1.807, 2.05) is 6.08 Å². The first kappa shape index (κ1) is 27.4. The third kappa shape index (κ3) is 25.4. The summed E-state index contributed by atoms with van der Waals surface area (Å²) in [6.45, 7) is 4.58. The third-order valence-corrected chi connectivity index (χ3v) is 4.00. The highest BCUT2D eigenvalue weighted by atomic mass is 32.3. The monoisotopic (exact) mass is 394 g/mol. The molecule has 0 bridgehead atoms. The van der Waals surface area contributed by atoms with E-state index in [4.69, 9.17) is 5.73 Å². The fourth-order valence-corrected chi connectivity index (χ4v) is 2.48. The third-order valence-electron chi connectivity index (χ3n) is 3.59. The van der Waals surface area contributed by atoms with Gasteiger partial charge in [0.25, 0.3) is 0 Å². The van der Waals surface area contributed by atoms with E-state index in [1.165, 1.54) is 32.1 Å². The van der Waals surface area contributed by atoms with Crippen LogP contribution in [0.3, 0.4) is 0 Å². The van der Waals surface area contributed by atoms with Gasteiger partial charge in [-0.3, -0.25) is 8.98 Å². The molecule has 0 heterocycles. The Labute approximate surface area is 160 Å². The fourth-order valence-electron chi connectivity index (χ4n) is 2.48. The van der Waals surface area contributed by atoms with Crippen molar-refractivity contribution >= 4 is 16.2 Å². The number of Topliss-reactive ketones (excluding diaryl/α,β-unsaturated/α-hetero) is 1. The van der Waals surface area contributed by atoms with Crippen LogP contribution in [0.5, 0.6) is 0 Å². The number of carbonyl (C=O) groups excluding carboxylic acids is 1. The molecule has 0 aromatic heterocycles. The SMILES string of the molecule is C=CCCCCCCCCC(=O)CC(N)C[N+](C)(C)C.COS(=O)(=O)[O-]. The van der Waals surface area contributed by atoms with E-state index < -0.39 is 10.4 Å². The zero-order valence-corrected chi connectivity index (χ0v) is 17.7. The lowest BCUT2D eigenvalue weighted by Gasteiger charge is -2.27. The average Bonchev–Trinajstić information content (AvgIpc) is 2.47. The van der Waals surface area contributed by atoms with Gasteiger partial charge in [-0.05, 0) is 19.3 Å². The Hall–Kier alpha value is -0.800. The first-order chi connectivity index (χ1) is 11.9. The molecule has 0 spiro atoms. The second kappa shape index (κ2) is 15.3. The summed E-state index contributed by atoms with van der Waals surface area (Å²) < 4.78 is 31.8. The fraction of sp³-hybridized carbons (Fsp3) is 0.833. The number of ketones is 1. The van der Waals surface area contributed by atoms with Gasteiger partial charge >= 0.3 is 0 Å². The number of hydrogen-bond donors (Lipinski definition) is 1. The molecule has 0 amide bonds. The van der Waals surface area contributed by atoms with Crippen molar-refractivity contribution in [1.82, 2.24) is 0 Å². The van der Waals surface area contributed by atoms with Crippen molar-refractivity contribution in [3.8, 4) is 0 Å². The van der Waals surface area contributed by atoms with E-state index in [1.54, 1.807) is 0 Å². The van der Waals surface area contributed by atoms with Crippen LogP contribution in [0.1, 0.15) is 57.8 Å². The Morgan fingerprint density at radius 3 is 2.04 bits per heavy atom. The second-order valence-corrected chi connectivity index (χ2v) is 8.65. The lowest BCUT2D eigenvalue weighted by molar-refractivity contribution is -0.871. The predicted octanol–water partition coefficient (Wildman–Crippen LogP) is 2.38. The molecule has 1 unspecified atom stereocenters.